The lowest BCUT2D eigenvalue weighted by atomic mass is 10.1. The van der Waals surface area contributed by atoms with E-state index in [1.165, 1.54) is 16.8 Å². The first kappa shape index (κ1) is 14.2. The molecule has 1 aromatic carbocycles. The molecule has 0 amide bonds. The molecule has 0 aliphatic rings. The summed E-state index contributed by atoms with van der Waals surface area (Å²) in [5.41, 5.74) is -0.227. The standard InChI is InChI=1S/C14H9F3N2O3/c1-19-6-10(12-9(13(20)21)5-18-22-12)8-3-2-7(4-11(8)19)14(15,16)17/h2-6H,1H3,(H,20,21). The molecule has 2 aromatic heterocycles. The van der Waals surface area contributed by atoms with E-state index in [1.54, 1.807) is 7.05 Å². The fourth-order valence-electron chi connectivity index (χ4n) is 2.33. The van der Waals surface area contributed by atoms with Gasteiger partial charge in [0.15, 0.2) is 5.76 Å². The molecule has 0 atom stereocenters. The quantitative estimate of drug-likeness (QED) is 0.786. The van der Waals surface area contributed by atoms with Crippen LogP contribution in [0.2, 0.25) is 0 Å². The molecule has 1 N–H and O–H groups in total. The second kappa shape index (κ2) is 4.62. The summed E-state index contributed by atoms with van der Waals surface area (Å²) >= 11 is 0. The summed E-state index contributed by atoms with van der Waals surface area (Å²) in [5.74, 6) is -1.21. The monoisotopic (exact) mass is 310 g/mol. The molecule has 22 heavy (non-hydrogen) atoms. The molecule has 0 spiro atoms. The Hall–Kier alpha value is -2.77. The summed E-state index contributed by atoms with van der Waals surface area (Å²) in [6.07, 6.45) is -1.88. The van der Waals surface area contributed by atoms with Crippen LogP contribution in [0.1, 0.15) is 15.9 Å². The van der Waals surface area contributed by atoms with Gasteiger partial charge in [-0.05, 0) is 12.1 Å². The molecule has 0 unspecified atom stereocenters. The van der Waals surface area contributed by atoms with Crippen molar-refractivity contribution in [1.82, 2.24) is 9.72 Å². The Bertz CT molecular complexity index is 877. The van der Waals surface area contributed by atoms with Gasteiger partial charge in [0.05, 0.1) is 11.8 Å². The molecule has 5 nitrogen and oxygen atoms in total. The Labute approximate surface area is 121 Å². The van der Waals surface area contributed by atoms with E-state index in [9.17, 15) is 18.0 Å². The van der Waals surface area contributed by atoms with Crippen molar-refractivity contribution in [3.63, 3.8) is 0 Å². The van der Waals surface area contributed by atoms with Crippen molar-refractivity contribution in [2.75, 3.05) is 0 Å². The average molecular weight is 310 g/mol. The highest BCUT2D eigenvalue weighted by molar-refractivity contribution is 6.01. The van der Waals surface area contributed by atoms with Gasteiger partial charge in [-0.3, -0.25) is 0 Å². The zero-order chi connectivity index (χ0) is 16.1. The van der Waals surface area contributed by atoms with Crippen molar-refractivity contribution in [1.29, 1.82) is 0 Å². The maximum atomic E-state index is 12.8. The number of carbonyl (C=O) groups is 1. The number of aryl methyl sites for hydroxylation is 1. The van der Waals surface area contributed by atoms with E-state index in [2.05, 4.69) is 5.16 Å². The van der Waals surface area contributed by atoms with E-state index in [1.807, 2.05) is 0 Å². The molecule has 3 aromatic rings. The van der Waals surface area contributed by atoms with Crippen molar-refractivity contribution in [2.45, 2.75) is 6.18 Å². The molecule has 114 valence electrons. The molecule has 0 bridgehead atoms. The molecule has 3 rings (SSSR count). The van der Waals surface area contributed by atoms with Gasteiger partial charge in [-0.15, -0.1) is 0 Å². The summed E-state index contributed by atoms with van der Waals surface area (Å²) in [4.78, 5) is 11.1. The van der Waals surface area contributed by atoms with Crippen LogP contribution in [0.5, 0.6) is 0 Å². The fourth-order valence-corrected chi connectivity index (χ4v) is 2.33. The summed E-state index contributed by atoms with van der Waals surface area (Å²) < 4.78 is 44.8. The van der Waals surface area contributed by atoms with Crippen LogP contribution in [-0.2, 0) is 13.2 Å². The predicted octanol–water partition coefficient (Wildman–Crippen LogP) is 3.55. The van der Waals surface area contributed by atoms with Gasteiger partial charge >= 0.3 is 12.1 Å². The Morgan fingerprint density at radius 3 is 2.73 bits per heavy atom. The molecule has 0 aliphatic carbocycles. The highest BCUT2D eigenvalue weighted by Crippen LogP contribution is 2.36. The first-order valence-corrected chi connectivity index (χ1v) is 6.13. The van der Waals surface area contributed by atoms with Crippen molar-refractivity contribution >= 4 is 16.9 Å². The predicted molar refractivity (Wildman–Crippen MR) is 70.4 cm³/mol. The Kier molecular flexibility index (Phi) is 2.98. The van der Waals surface area contributed by atoms with Gasteiger partial charge in [0.1, 0.15) is 5.56 Å². The summed E-state index contributed by atoms with van der Waals surface area (Å²) in [6.45, 7) is 0. The third-order valence-corrected chi connectivity index (χ3v) is 3.36. The van der Waals surface area contributed by atoms with Crippen LogP contribution in [0.15, 0.2) is 35.1 Å². The maximum absolute atomic E-state index is 12.8. The van der Waals surface area contributed by atoms with Crippen molar-refractivity contribution in [3.05, 3.63) is 41.7 Å². The van der Waals surface area contributed by atoms with Crippen molar-refractivity contribution < 1.29 is 27.6 Å². The smallest absolute Gasteiger partial charge is 0.416 e. The first-order chi connectivity index (χ1) is 10.3. The van der Waals surface area contributed by atoms with Crippen molar-refractivity contribution in [3.8, 4) is 11.3 Å². The maximum Gasteiger partial charge on any atom is 0.416 e. The molecule has 2 heterocycles. The second-order valence-electron chi connectivity index (χ2n) is 4.76. The Balaban J connectivity index is 2.25. The number of aromatic carboxylic acids is 1. The van der Waals surface area contributed by atoms with Gasteiger partial charge in [0.2, 0.25) is 0 Å². The zero-order valence-corrected chi connectivity index (χ0v) is 11.2. The number of fused-ring (bicyclic) bond motifs is 1. The number of aromatic nitrogens is 2. The van der Waals surface area contributed by atoms with Crippen LogP contribution in [0.4, 0.5) is 13.2 Å². The minimum atomic E-state index is -4.45. The van der Waals surface area contributed by atoms with Gasteiger partial charge in [-0.2, -0.15) is 13.2 Å². The number of benzene rings is 1. The first-order valence-electron chi connectivity index (χ1n) is 6.13. The van der Waals surface area contributed by atoms with Gasteiger partial charge in [-0.25, -0.2) is 4.79 Å². The van der Waals surface area contributed by atoms with Gasteiger partial charge in [0.25, 0.3) is 0 Å². The number of hydrogen-bond acceptors (Lipinski definition) is 3. The minimum Gasteiger partial charge on any atom is -0.477 e. The van der Waals surface area contributed by atoms with Gasteiger partial charge in [-0.1, -0.05) is 11.2 Å². The van der Waals surface area contributed by atoms with E-state index in [0.717, 1.165) is 18.3 Å². The average Bonchev–Trinajstić information content (AvgIpc) is 3.02. The molecule has 0 radical (unpaired) electrons. The number of halogens is 3. The summed E-state index contributed by atoms with van der Waals surface area (Å²) in [6, 6.07) is 3.25. The molecular formula is C14H9F3N2O3. The second-order valence-corrected chi connectivity index (χ2v) is 4.76. The SMILES string of the molecule is Cn1cc(-c2oncc2C(=O)O)c2ccc(C(F)(F)F)cc21. The largest absolute Gasteiger partial charge is 0.477 e. The van der Waals surface area contributed by atoms with Crippen molar-refractivity contribution in [2.24, 2.45) is 7.05 Å². The van der Waals surface area contributed by atoms with E-state index < -0.39 is 17.7 Å². The van der Waals surface area contributed by atoms with E-state index in [0.29, 0.717) is 16.5 Å². The van der Waals surface area contributed by atoms with Crippen LogP contribution in [0.3, 0.4) is 0 Å². The molecule has 0 saturated carbocycles. The Morgan fingerprint density at radius 1 is 1.36 bits per heavy atom. The number of carboxylic acids is 1. The van der Waals surface area contributed by atoms with Gasteiger partial charge in [0, 0.05) is 29.7 Å². The summed E-state index contributed by atoms with van der Waals surface area (Å²) in [5, 5.41) is 13.0. The molecule has 0 fully saturated rings. The van der Waals surface area contributed by atoms with Crippen LogP contribution >= 0.6 is 0 Å². The molecule has 0 saturated heterocycles. The lowest BCUT2D eigenvalue weighted by Gasteiger charge is -2.07. The normalized spacial score (nSPS) is 12.0. The third kappa shape index (κ3) is 2.12. The summed E-state index contributed by atoms with van der Waals surface area (Å²) in [7, 11) is 1.57. The Morgan fingerprint density at radius 2 is 2.09 bits per heavy atom. The van der Waals surface area contributed by atoms with E-state index in [-0.39, 0.29) is 11.3 Å². The van der Waals surface area contributed by atoms with Crippen LogP contribution < -0.4 is 0 Å². The highest BCUT2D eigenvalue weighted by atomic mass is 19.4. The lowest BCUT2D eigenvalue weighted by molar-refractivity contribution is -0.137. The minimum absolute atomic E-state index is 0.0119. The lowest BCUT2D eigenvalue weighted by Crippen LogP contribution is -2.04. The highest BCUT2D eigenvalue weighted by Gasteiger charge is 2.31. The number of hydrogen-bond donors (Lipinski definition) is 1. The van der Waals surface area contributed by atoms with Crippen LogP contribution in [0, 0.1) is 0 Å². The number of nitrogens with zero attached hydrogens (tertiary/aromatic N) is 2. The van der Waals surface area contributed by atoms with Gasteiger partial charge < -0.3 is 14.2 Å². The zero-order valence-electron chi connectivity index (χ0n) is 11.2. The van der Waals surface area contributed by atoms with E-state index >= 15 is 0 Å². The third-order valence-electron chi connectivity index (χ3n) is 3.36. The molecule has 8 heteroatoms. The number of alkyl halides is 3. The van der Waals surface area contributed by atoms with Crippen LogP contribution in [-0.4, -0.2) is 20.8 Å². The van der Waals surface area contributed by atoms with Crippen LogP contribution in [0.25, 0.3) is 22.2 Å². The number of carboxylic acid groups (broad SMARTS) is 1. The molecule has 0 aliphatic heterocycles. The number of rotatable bonds is 2. The van der Waals surface area contributed by atoms with E-state index in [4.69, 9.17) is 9.63 Å². The fraction of sp³-hybridized carbons (Fsp3) is 0.143. The molecular weight excluding hydrogens is 301 g/mol. The topological polar surface area (TPSA) is 68.3 Å².